The van der Waals surface area contributed by atoms with Crippen molar-refractivity contribution in [3.63, 3.8) is 0 Å². The molecule has 2 N–H and O–H groups in total. The number of esters is 1. The predicted molar refractivity (Wildman–Crippen MR) is 117 cm³/mol. The van der Waals surface area contributed by atoms with E-state index in [0.717, 1.165) is 17.6 Å². The van der Waals surface area contributed by atoms with Crippen molar-refractivity contribution in [2.24, 2.45) is 23.7 Å². The minimum Gasteiger partial charge on any atom is -0.455 e. The lowest BCUT2D eigenvalue weighted by Gasteiger charge is -2.53. The van der Waals surface area contributed by atoms with Crippen molar-refractivity contribution in [2.45, 2.75) is 96.2 Å². The highest BCUT2D eigenvalue weighted by Crippen LogP contribution is 2.63. The van der Waals surface area contributed by atoms with E-state index in [4.69, 9.17) is 14.4 Å². The molecule has 4 rings (SSSR count). The first kappa shape index (κ1) is 23.6. The zero-order chi connectivity index (χ0) is 23.6. The molecule has 0 radical (unpaired) electrons. The van der Waals surface area contributed by atoms with Gasteiger partial charge in [-0.3, -0.25) is 10.1 Å². The average Bonchev–Trinajstić information content (AvgIpc) is 3.29. The van der Waals surface area contributed by atoms with Crippen molar-refractivity contribution in [2.75, 3.05) is 0 Å². The zero-order valence-electron chi connectivity index (χ0n) is 19.9. The number of hydrogen-bond acceptors (Lipinski definition) is 7. The molecule has 0 aromatic rings. The first-order valence-electron chi connectivity index (χ1n) is 11.7. The quantitative estimate of drug-likeness (QED) is 0.287. The van der Waals surface area contributed by atoms with Gasteiger partial charge in [-0.05, 0) is 70.8 Å². The maximum Gasteiger partial charge on any atom is 0.331 e. The highest BCUT2D eigenvalue weighted by Gasteiger charge is 2.76. The van der Waals surface area contributed by atoms with Gasteiger partial charge in [0.05, 0.1) is 11.5 Å². The van der Waals surface area contributed by atoms with Crippen LogP contribution in [-0.2, 0) is 24.0 Å². The van der Waals surface area contributed by atoms with Crippen LogP contribution >= 0.6 is 0 Å². The van der Waals surface area contributed by atoms with E-state index >= 15 is 0 Å². The van der Waals surface area contributed by atoms with Crippen molar-refractivity contribution in [3.05, 3.63) is 23.3 Å². The third-order valence-electron chi connectivity index (χ3n) is 8.75. The van der Waals surface area contributed by atoms with Gasteiger partial charge < -0.3 is 14.6 Å². The molecule has 4 aliphatic rings. The zero-order valence-corrected chi connectivity index (χ0v) is 19.9. The summed E-state index contributed by atoms with van der Waals surface area (Å²) < 4.78 is 11.9. The number of aliphatic hydroxyl groups is 1. The van der Waals surface area contributed by atoms with Crippen LogP contribution in [0.3, 0.4) is 0 Å². The van der Waals surface area contributed by atoms with Gasteiger partial charge in [0.2, 0.25) is 0 Å². The van der Waals surface area contributed by atoms with Gasteiger partial charge in [0.25, 0.3) is 0 Å². The van der Waals surface area contributed by atoms with Crippen molar-refractivity contribution in [1.29, 1.82) is 0 Å². The van der Waals surface area contributed by atoms with Crippen LogP contribution in [-0.4, -0.2) is 51.1 Å². The van der Waals surface area contributed by atoms with Gasteiger partial charge in [0.15, 0.2) is 11.4 Å². The number of ether oxygens (including phenoxy) is 2. The maximum absolute atomic E-state index is 14.1. The molecule has 2 saturated carbocycles. The molecule has 32 heavy (non-hydrogen) atoms. The van der Waals surface area contributed by atoms with Gasteiger partial charge in [-0.1, -0.05) is 25.5 Å². The van der Waals surface area contributed by atoms with E-state index in [1.54, 1.807) is 0 Å². The Balaban J connectivity index is 1.75. The maximum atomic E-state index is 14.1. The largest absolute Gasteiger partial charge is 0.455 e. The number of cyclic esters (lactones) is 1. The Morgan fingerprint density at radius 2 is 1.97 bits per heavy atom. The van der Waals surface area contributed by atoms with Crippen LogP contribution < -0.4 is 0 Å². The van der Waals surface area contributed by atoms with Crippen LogP contribution in [0.15, 0.2) is 23.3 Å². The van der Waals surface area contributed by atoms with Crippen LogP contribution in [0.1, 0.15) is 67.2 Å². The Morgan fingerprint density at radius 3 is 2.53 bits per heavy atom. The normalized spacial score (nSPS) is 47.7. The summed E-state index contributed by atoms with van der Waals surface area (Å²) in [7, 11) is 0. The van der Waals surface area contributed by atoms with E-state index in [-0.39, 0.29) is 35.6 Å². The number of allylic oxidation sites excluding steroid dienone is 1. The van der Waals surface area contributed by atoms with Crippen LogP contribution in [0.5, 0.6) is 0 Å². The first-order chi connectivity index (χ1) is 14.9. The molecule has 9 atom stereocenters. The summed E-state index contributed by atoms with van der Waals surface area (Å²) in [5.41, 5.74) is -1.93. The van der Waals surface area contributed by atoms with Gasteiger partial charge >= 0.3 is 5.97 Å². The molecule has 2 heterocycles. The third-order valence-corrected chi connectivity index (χ3v) is 8.75. The second-order valence-corrected chi connectivity index (χ2v) is 10.9. The SMILES string of the molecule is CC(C)=C[C@H]1O[C@@](C)(CC[C@@H]2OC(=O)C=C2C)[C@@H]2C(=O)[C@@]3(OO)[C@@H](C)CC[C@H]3[C@H](C)[C@@]21O. The smallest absolute Gasteiger partial charge is 0.331 e. The lowest BCUT2D eigenvalue weighted by Crippen LogP contribution is -2.69. The monoisotopic (exact) mass is 448 g/mol. The lowest BCUT2D eigenvalue weighted by atomic mass is 9.53. The summed E-state index contributed by atoms with van der Waals surface area (Å²) in [6.45, 7) is 11.5. The minimum atomic E-state index is -1.42. The number of carbonyl (C=O) groups is 2. The van der Waals surface area contributed by atoms with Gasteiger partial charge in [0, 0.05) is 12.0 Å². The molecule has 0 spiro atoms. The second kappa shape index (κ2) is 7.76. The molecule has 0 aromatic heterocycles. The molecule has 7 heteroatoms. The Kier molecular flexibility index (Phi) is 5.72. The van der Waals surface area contributed by atoms with Crippen LogP contribution in [0, 0.1) is 23.7 Å². The molecule has 0 aromatic carbocycles. The number of ketones is 1. The van der Waals surface area contributed by atoms with Gasteiger partial charge in [0.1, 0.15) is 17.8 Å². The van der Waals surface area contributed by atoms with Crippen molar-refractivity contribution < 1.29 is 34.3 Å². The fourth-order valence-corrected chi connectivity index (χ4v) is 7.06. The van der Waals surface area contributed by atoms with Crippen molar-refractivity contribution in [1.82, 2.24) is 0 Å². The summed E-state index contributed by atoms with van der Waals surface area (Å²) >= 11 is 0. The molecule has 1 saturated heterocycles. The molecular weight excluding hydrogens is 412 g/mol. The Bertz CT molecular complexity index is 874. The molecule has 0 bridgehead atoms. The summed E-state index contributed by atoms with van der Waals surface area (Å²) in [5, 5.41) is 22.2. The average molecular weight is 449 g/mol. The number of rotatable bonds is 5. The molecule has 178 valence electrons. The summed E-state index contributed by atoms with van der Waals surface area (Å²) in [6.07, 6.45) is 4.70. The van der Waals surface area contributed by atoms with Crippen molar-refractivity contribution in [3.8, 4) is 0 Å². The number of fused-ring (bicyclic) bond motifs is 2. The van der Waals surface area contributed by atoms with Crippen LogP contribution in [0.2, 0.25) is 0 Å². The molecule has 2 aliphatic heterocycles. The summed E-state index contributed by atoms with van der Waals surface area (Å²) in [5.74, 6) is -2.30. The third kappa shape index (κ3) is 3.08. The number of carbonyl (C=O) groups excluding carboxylic acids is 2. The fraction of sp³-hybridized carbons (Fsp3) is 0.760. The van der Waals surface area contributed by atoms with E-state index in [1.165, 1.54) is 6.08 Å². The molecule has 7 nitrogen and oxygen atoms in total. The second-order valence-electron chi connectivity index (χ2n) is 10.9. The molecular formula is C25H36O7. The summed E-state index contributed by atoms with van der Waals surface area (Å²) in [6, 6.07) is 0. The minimum absolute atomic E-state index is 0.162. The van der Waals surface area contributed by atoms with E-state index in [2.05, 4.69) is 0 Å². The van der Waals surface area contributed by atoms with Crippen LogP contribution in [0.25, 0.3) is 0 Å². The van der Waals surface area contributed by atoms with Crippen molar-refractivity contribution >= 4 is 11.8 Å². The molecule has 3 fully saturated rings. The standard InChI is InChI=1S/C25H36O7/c1-13(2)11-19-24(28)16(5)17-8-7-15(4)25(17,32-29)22(27)21(24)23(6,31-19)10-9-18-14(3)12-20(26)30-18/h11-12,15-19,21,28-29H,7-10H2,1-6H3/t15-,16-,17-,18-,19+,21-,23-,24-,25+/m0/s1. The Morgan fingerprint density at radius 1 is 1.28 bits per heavy atom. The fourth-order valence-electron chi connectivity index (χ4n) is 7.06. The topological polar surface area (TPSA) is 102 Å². The molecule has 0 unspecified atom stereocenters. The molecule has 2 aliphatic carbocycles. The van der Waals surface area contributed by atoms with Gasteiger partial charge in [-0.25, -0.2) is 9.68 Å². The Hall–Kier alpha value is -1.54. The number of Topliss-reactive ketones (excluding diaryl/α,β-unsaturated/α-hetero) is 1. The van der Waals surface area contributed by atoms with Crippen LogP contribution in [0.4, 0.5) is 0 Å². The highest BCUT2D eigenvalue weighted by atomic mass is 17.1. The van der Waals surface area contributed by atoms with Gasteiger partial charge in [-0.2, -0.15) is 0 Å². The van der Waals surface area contributed by atoms with E-state index < -0.39 is 28.8 Å². The Labute approximate surface area is 189 Å². The summed E-state index contributed by atoms with van der Waals surface area (Å²) in [4.78, 5) is 30.8. The van der Waals surface area contributed by atoms with E-state index in [9.17, 15) is 20.0 Å². The number of hydrogen-bond donors (Lipinski definition) is 2. The van der Waals surface area contributed by atoms with E-state index in [1.807, 2.05) is 47.6 Å². The first-order valence-corrected chi connectivity index (χ1v) is 11.7. The van der Waals surface area contributed by atoms with Gasteiger partial charge in [-0.15, -0.1) is 0 Å². The van der Waals surface area contributed by atoms with E-state index in [0.29, 0.717) is 19.3 Å². The molecule has 0 amide bonds. The lowest BCUT2D eigenvalue weighted by molar-refractivity contribution is -0.345. The highest BCUT2D eigenvalue weighted by molar-refractivity contribution is 5.94. The predicted octanol–water partition coefficient (Wildman–Crippen LogP) is 3.60.